The Labute approximate surface area is 184 Å². The summed E-state index contributed by atoms with van der Waals surface area (Å²) in [6, 6.07) is 1.59. The Balaban J connectivity index is 1.77. The zero-order chi connectivity index (χ0) is 23.3. The number of carbonyl (C=O) groups is 1. The van der Waals surface area contributed by atoms with Gasteiger partial charge in [0.25, 0.3) is 5.91 Å². The van der Waals surface area contributed by atoms with E-state index in [0.29, 0.717) is 62.0 Å². The van der Waals surface area contributed by atoms with Gasteiger partial charge in [-0.25, -0.2) is 9.67 Å². The molecule has 0 atom stereocenters. The maximum absolute atomic E-state index is 13.7. The number of primary amides is 1. The third-order valence-electron chi connectivity index (χ3n) is 6.46. The summed E-state index contributed by atoms with van der Waals surface area (Å²) < 4.78 is 42.4. The number of carbonyl (C=O) groups excluding carboxylic acids is 1. The fraction of sp³-hybridized carbons (Fsp3) is 0.591. The Morgan fingerprint density at radius 1 is 1.28 bits per heavy atom. The van der Waals surface area contributed by atoms with Crippen LogP contribution >= 0.6 is 0 Å². The van der Waals surface area contributed by atoms with Gasteiger partial charge in [0, 0.05) is 17.3 Å². The number of rotatable bonds is 4. The molecule has 0 bridgehead atoms. The molecule has 174 valence electrons. The number of aliphatic hydroxyl groups is 1. The van der Waals surface area contributed by atoms with Crippen molar-refractivity contribution in [3.63, 3.8) is 0 Å². The summed E-state index contributed by atoms with van der Waals surface area (Å²) in [6.07, 6.45) is 0.514. The highest BCUT2D eigenvalue weighted by Crippen LogP contribution is 2.42. The van der Waals surface area contributed by atoms with Gasteiger partial charge in [-0.3, -0.25) is 4.79 Å². The molecule has 0 unspecified atom stereocenters. The van der Waals surface area contributed by atoms with E-state index in [0.717, 1.165) is 0 Å². The maximum Gasteiger partial charge on any atom is 0.435 e. The second kappa shape index (κ2) is 8.06. The Bertz CT molecular complexity index is 1020. The van der Waals surface area contributed by atoms with Crippen molar-refractivity contribution in [1.82, 2.24) is 14.8 Å². The molecule has 7 nitrogen and oxygen atoms in total. The summed E-state index contributed by atoms with van der Waals surface area (Å²) in [5, 5.41) is 16.9. The van der Waals surface area contributed by atoms with E-state index < -0.39 is 17.8 Å². The summed E-state index contributed by atoms with van der Waals surface area (Å²) in [5.41, 5.74) is 5.95. The maximum atomic E-state index is 13.7. The molecule has 2 heterocycles. The lowest BCUT2D eigenvalue weighted by molar-refractivity contribution is -0.142. The van der Waals surface area contributed by atoms with Crippen LogP contribution in [0.1, 0.15) is 73.4 Å². The highest BCUT2D eigenvalue weighted by atomic mass is 19.4. The van der Waals surface area contributed by atoms with Crippen LogP contribution in [0.5, 0.6) is 0 Å². The molecule has 2 aromatic rings. The molecule has 0 aromatic carbocycles. The van der Waals surface area contributed by atoms with E-state index in [9.17, 15) is 23.1 Å². The highest BCUT2D eigenvalue weighted by Gasteiger charge is 2.42. The Hall–Kier alpha value is -2.62. The molecular weight excluding hydrogens is 423 g/mol. The quantitative estimate of drug-likeness (QED) is 0.659. The number of hydrogen-bond donors (Lipinski definition) is 3. The highest BCUT2D eigenvalue weighted by molar-refractivity contribution is 5.96. The smallest absolute Gasteiger partial charge is 0.393 e. The minimum atomic E-state index is -4.55. The van der Waals surface area contributed by atoms with E-state index in [2.05, 4.69) is 15.4 Å². The number of amides is 1. The molecule has 1 amide bonds. The van der Waals surface area contributed by atoms with Gasteiger partial charge in [-0.1, -0.05) is 13.8 Å². The van der Waals surface area contributed by atoms with Crippen LogP contribution in [-0.4, -0.2) is 37.9 Å². The van der Waals surface area contributed by atoms with E-state index in [-0.39, 0.29) is 28.8 Å². The number of anilines is 1. The predicted octanol–water partition coefficient (Wildman–Crippen LogP) is 3.62. The summed E-state index contributed by atoms with van der Waals surface area (Å²) >= 11 is 0. The van der Waals surface area contributed by atoms with Crippen molar-refractivity contribution in [2.24, 2.45) is 11.1 Å². The average Bonchev–Trinajstić information content (AvgIpc) is 3.07. The van der Waals surface area contributed by atoms with E-state index >= 15 is 0 Å². The fourth-order valence-corrected chi connectivity index (χ4v) is 4.69. The van der Waals surface area contributed by atoms with E-state index in [1.54, 1.807) is 6.07 Å². The van der Waals surface area contributed by atoms with Crippen LogP contribution in [0, 0.1) is 5.41 Å². The van der Waals surface area contributed by atoms with Gasteiger partial charge in [0.1, 0.15) is 0 Å². The van der Waals surface area contributed by atoms with E-state index in [1.165, 1.54) is 10.9 Å². The first-order valence-electron chi connectivity index (χ1n) is 10.9. The number of nitrogens with zero attached hydrogens (tertiary/aromatic N) is 3. The lowest BCUT2D eigenvalue weighted by Crippen LogP contribution is -2.29. The van der Waals surface area contributed by atoms with E-state index in [4.69, 9.17) is 5.73 Å². The topological polar surface area (TPSA) is 106 Å². The number of aliphatic hydroxyl groups excluding tert-OH is 1. The van der Waals surface area contributed by atoms with Crippen LogP contribution in [-0.2, 0) is 19.0 Å². The van der Waals surface area contributed by atoms with Crippen molar-refractivity contribution < 1.29 is 23.1 Å². The Morgan fingerprint density at radius 2 is 1.97 bits per heavy atom. The van der Waals surface area contributed by atoms with Gasteiger partial charge in [-0.15, -0.1) is 0 Å². The summed E-state index contributed by atoms with van der Waals surface area (Å²) in [4.78, 5) is 16.1. The van der Waals surface area contributed by atoms with Gasteiger partial charge < -0.3 is 16.2 Å². The Kier molecular flexibility index (Phi) is 5.68. The minimum Gasteiger partial charge on any atom is -0.393 e. The van der Waals surface area contributed by atoms with Gasteiger partial charge in [0.05, 0.1) is 23.7 Å². The van der Waals surface area contributed by atoms with Crippen molar-refractivity contribution >= 4 is 11.6 Å². The van der Waals surface area contributed by atoms with Gasteiger partial charge >= 0.3 is 6.18 Å². The third kappa shape index (κ3) is 4.46. The first-order chi connectivity index (χ1) is 14.9. The third-order valence-corrected chi connectivity index (χ3v) is 6.46. The van der Waals surface area contributed by atoms with Crippen molar-refractivity contribution in [2.45, 2.75) is 77.1 Å². The molecule has 4 rings (SSSR count). The van der Waals surface area contributed by atoms with Gasteiger partial charge in [-0.05, 0) is 56.4 Å². The normalized spacial score (nSPS) is 22.9. The zero-order valence-electron chi connectivity index (χ0n) is 18.2. The van der Waals surface area contributed by atoms with Gasteiger partial charge in [0.15, 0.2) is 11.4 Å². The van der Waals surface area contributed by atoms with E-state index in [1.807, 2.05) is 13.8 Å². The molecule has 2 aliphatic rings. The predicted molar refractivity (Wildman–Crippen MR) is 113 cm³/mol. The van der Waals surface area contributed by atoms with Crippen LogP contribution in [0.4, 0.5) is 18.9 Å². The zero-order valence-corrected chi connectivity index (χ0v) is 18.2. The van der Waals surface area contributed by atoms with Crippen LogP contribution in [0.3, 0.4) is 0 Å². The summed E-state index contributed by atoms with van der Waals surface area (Å²) in [6.45, 7) is 4.05. The standard InChI is InChI=1S/C22H28F3N5O2/c1-21(2)8-7-15-17(10-21)30(29-19(15)22(23,24)25)13-9-16(18(20(26)32)27-11-13)28-12-3-5-14(31)6-4-12/h9,11-12,14,28,31H,3-8,10H2,1-2H3,(H2,26,32)/t12-,14-. The lowest BCUT2D eigenvalue weighted by atomic mass is 9.76. The molecule has 0 radical (unpaired) electrons. The lowest BCUT2D eigenvalue weighted by Gasteiger charge is -2.30. The number of fused-ring (bicyclic) bond motifs is 1. The molecule has 1 fully saturated rings. The molecule has 0 spiro atoms. The molecule has 0 aliphatic heterocycles. The molecule has 10 heteroatoms. The molecule has 32 heavy (non-hydrogen) atoms. The summed E-state index contributed by atoms with van der Waals surface area (Å²) in [5.74, 6) is -0.727. The number of nitrogens with two attached hydrogens (primary N) is 1. The van der Waals surface area contributed by atoms with Crippen LogP contribution in [0.2, 0.25) is 0 Å². The number of halogens is 3. The molecule has 0 saturated heterocycles. The van der Waals surface area contributed by atoms with Crippen molar-refractivity contribution in [3.05, 3.63) is 34.9 Å². The molecule has 2 aromatic heterocycles. The average molecular weight is 451 g/mol. The molecular formula is C22H28F3N5O2. The van der Waals surface area contributed by atoms with Crippen molar-refractivity contribution in [3.8, 4) is 5.69 Å². The number of aromatic nitrogens is 3. The summed E-state index contributed by atoms with van der Waals surface area (Å²) in [7, 11) is 0. The van der Waals surface area contributed by atoms with Crippen molar-refractivity contribution in [1.29, 1.82) is 0 Å². The van der Waals surface area contributed by atoms with Gasteiger partial charge in [-0.2, -0.15) is 18.3 Å². The van der Waals surface area contributed by atoms with Crippen LogP contribution in [0.25, 0.3) is 5.69 Å². The molecule has 2 aliphatic carbocycles. The second-order valence-electron chi connectivity index (χ2n) is 9.63. The molecule has 4 N–H and O–H groups in total. The Morgan fingerprint density at radius 3 is 2.59 bits per heavy atom. The first-order valence-corrected chi connectivity index (χ1v) is 10.9. The number of nitrogens with one attached hydrogen (secondary N) is 1. The minimum absolute atomic E-state index is 0.00440. The first kappa shape index (κ1) is 22.6. The number of pyridine rings is 1. The SMILES string of the molecule is CC1(C)CCc2c(C(F)(F)F)nn(-c3cnc(C(N)=O)c(N[C@H]4CC[C@H](O)CC4)c3)c2C1. The second-order valence-corrected chi connectivity index (χ2v) is 9.63. The van der Waals surface area contributed by atoms with Gasteiger partial charge in [0.2, 0.25) is 0 Å². The van der Waals surface area contributed by atoms with Crippen molar-refractivity contribution in [2.75, 3.05) is 5.32 Å². The van der Waals surface area contributed by atoms with Crippen LogP contribution < -0.4 is 11.1 Å². The number of hydrogen-bond acceptors (Lipinski definition) is 5. The molecule has 1 saturated carbocycles. The monoisotopic (exact) mass is 451 g/mol. The van der Waals surface area contributed by atoms with Crippen LogP contribution in [0.15, 0.2) is 12.3 Å². The fourth-order valence-electron chi connectivity index (χ4n) is 4.69. The number of alkyl halides is 3. The largest absolute Gasteiger partial charge is 0.435 e.